The molecule has 0 spiro atoms. The number of aliphatic hydroxyl groups is 1. The van der Waals surface area contributed by atoms with E-state index in [4.69, 9.17) is 19.9 Å². The zero-order valence-electron chi connectivity index (χ0n) is 11.9. The van der Waals surface area contributed by atoms with Crippen LogP contribution >= 0.6 is 0 Å². The quantitative estimate of drug-likeness (QED) is 0.732. The molecule has 7 heteroatoms. The Morgan fingerprint density at radius 2 is 2.14 bits per heavy atom. The van der Waals surface area contributed by atoms with Crippen molar-refractivity contribution in [2.75, 3.05) is 6.61 Å². The molecule has 2 aliphatic heterocycles. The van der Waals surface area contributed by atoms with Gasteiger partial charge in [-0.05, 0) is 19.9 Å². The second-order valence-corrected chi connectivity index (χ2v) is 5.72. The van der Waals surface area contributed by atoms with Gasteiger partial charge in [0.25, 0.3) is 12.1 Å². The predicted molar refractivity (Wildman–Crippen MR) is 70.0 cm³/mol. The summed E-state index contributed by atoms with van der Waals surface area (Å²) >= 11 is 0. The Kier molecular flexibility index (Phi) is 3.45. The van der Waals surface area contributed by atoms with E-state index in [1.54, 1.807) is 29.1 Å². The lowest BCUT2D eigenvalue weighted by Crippen LogP contribution is -2.46. The van der Waals surface area contributed by atoms with Crippen LogP contribution < -0.4 is 10.3 Å². The third-order valence-corrected chi connectivity index (χ3v) is 3.71. The Morgan fingerprint density at radius 1 is 1.43 bits per heavy atom. The Labute approximate surface area is 122 Å². The number of rotatable bonds is 3. The number of carbonyl (C=O) groups excluding carboxylic acids is 1. The first kappa shape index (κ1) is 14.4. The summed E-state index contributed by atoms with van der Waals surface area (Å²) in [5.74, 6) is -1.24. The summed E-state index contributed by atoms with van der Waals surface area (Å²) in [6.45, 7) is 3.48. The average molecular weight is 295 g/mol. The van der Waals surface area contributed by atoms with Gasteiger partial charge >= 0.3 is 0 Å². The number of carbonyl (C=O) groups is 1. The Hall–Kier alpha value is -1.54. The van der Waals surface area contributed by atoms with Crippen molar-refractivity contribution in [1.29, 1.82) is 0 Å². The number of nitrogens with two attached hydrogens (primary N) is 1. The Balaban J connectivity index is 1.92. The highest BCUT2D eigenvalue weighted by Gasteiger charge is 2.58. The first-order valence-electron chi connectivity index (χ1n) is 6.84. The van der Waals surface area contributed by atoms with Gasteiger partial charge in [-0.25, -0.2) is 0 Å². The second kappa shape index (κ2) is 5.03. The van der Waals surface area contributed by atoms with Crippen LogP contribution in [0.1, 0.15) is 30.4 Å². The van der Waals surface area contributed by atoms with E-state index in [1.165, 1.54) is 0 Å². The van der Waals surface area contributed by atoms with Crippen molar-refractivity contribution in [3.63, 3.8) is 0 Å². The number of fused-ring (bicyclic) bond motifs is 1. The molecule has 0 aliphatic carbocycles. The lowest BCUT2D eigenvalue weighted by Gasteiger charge is -2.21. The highest BCUT2D eigenvalue weighted by atomic mass is 16.8. The molecular weight excluding hydrogens is 276 g/mol. The second-order valence-electron chi connectivity index (χ2n) is 5.72. The molecule has 0 saturated carbocycles. The van der Waals surface area contributed by atoms with Crippen LogP contribution in [-0.2, 0) is 14.2 Å². The maximum absolute atomic E-state index is 11.3. The SMILES string of the molecule is CC1(C)OC2C(O1)[C@@H](CO)O[C@H]2[n+]1cccc(C(N)=O)c1. The normalized spacial score (nSPS) is 33.9. The first-order valence-corrected chi connectivity index (χ1v) is 6.84. The fraction of sp³-hybridized carbons (Fsp3) is 0.571. The van der Waals surface area contributed by atoms with Crippen LogP contribution in [0.3, 0.4) is 0 Å². The summed E-state index contributed by atoms with van der Waals surface area (Å²) in [5.41, 5.74) is 5.67. The molecule has 2 fully saturated rings. The Morgan fingerprint density at radius 3 is 2.81 bits per heavy atom. The Bertz CT molecular complexity index is 562. The molecule has 1 amide bonds. The molecule has 3 heterocycles. The van der Waals surface area contributed by atoms with Gasteiger partial charge in [-0.15, -0.1) is 0 Å². The van der Waals surface area contributed by atoms with Gasteiger partial charge in [-0.1, -0.05) is 0 Å². The largest absolute Gasteiger partial charge is 0.394 e. The summed E-state index contributed by atoms with van der Waals surface area (Å²) in [7, 11) is 0. The number of pyridine rings is 1. The molecule has 1 aromatic heterocycles. The molecule has 0 bridgehead atoms. The number of primary amides is 1. The van der Waals surface area contributed by atoms with Crippen LogP contribution in [0.4, 0.5) is 0 Å². The van der Waals surface area contributed by atoms with Crippen LogP contribution in [0.5, 0.6) is 0 Å². The number of nitrogens with zero attached hydrogens (tertiary/aromatic N) is 1. The highest BCUT2D eigenvalue weighted by Crippen LogP contribution is 2.40. The number of amides is 1. The van der Waals surface area contributed by atoms with Gasteiger partial charge in [0, 0.05) is 6.07 Å². The molecule has 114 valence electrons. The number of aromatic nitrogens is 1. The summed E-state index contributed by atoms with van der Waals surface area (Å²) in [6.07, 6.45) is 1.73. The van der Waals surface area contributed by atoms with Gasteiger partial charge in [0.05, 0.1) is 6.61 Å². The maximum atomic E-state index is 11.3. The molecular formula is C14H19N2O5+. The van der Waals surface area contributed by atoms with E-state index >= 15 is 0 Å². The van der Waals surface area contributed by atoms with Crippen molar-refractivity contribution in [3.8, 4) is 0 Å². The van der Waals surface area contributed by atoms with Crippen molar-refractivity contribution in [2.45, 2.75) is 44.2 Å². The summed E-state index contributed by atoms with van der Waals surface area (Å²) in [6, 6.07) is 3.34. The van der Waals surface area contributed by atoms with Crippen LogP contribution in [0.15, 0.2) is 24.5 Å². The van der Waals surface area contributed by atoms with Gasteiger partial charge in [0.2, 0.25) is 0 Å². The van der Waals surface area contributed by atoms with Crippen LogP contribution in [0, 0.1) is 0 Å². The topological polar surface area (TPSA) is 94.9 Å². The van der Waals surface area contributed by atoms with Crippen molar-refractivity contribution < 1.29 is 28.7 Å². The van der Waals surface area contributed by atoms with E-state index < -0.39 is 24.0 Å². The summed E-state index contributed by atoms with van der Waals surface area (Å²) < 4.78 is 19.2. The molecule has 1 aromatic rings. The van der Waals surface area contributed by atoms with E-state index in [1.807, 2.05) is 13.8 Å². The van der Waals surface area contributed by atoms with Crippen LogP contribution in [0.2, 0.25) is 0 Å². The maximum Gasteiger partial charge on any atom is 0.292 e. The average Bonchev–Trinajstić information content (AvgIpc) is 2.91. The van der Waals surface area contributed by atoms with Gasteiger partial charge < -0.3 is 25.1 Å². The zero-order chi connectivity index (χ0) is 15.2. The first-order chi connectivity index (χ1) is 9.91. The van der Waals surface area contributed by atoms with E-state index in [0.29, 0.717) is 5.56 Å². The van der Waals surface area contributed by atoms with E-state index in [0.717, 1.165) is 0 Å². The molecule has 2 unspecified atom stereocenters. The van der Waals surface area contributed by atoms with Gasteiger partial charge in [-0.2, -0.15) is 4.57 Å². The molecule has 0 aromatic carbocycles. The number of hydrogen-bond acceptors (Lipinski definition) is 5. The highest BCUT2D eigenvalue weighted by molar-refractivity contribution is 5.92. The van der Waals surface area contributed by atoms with E-state index in [-0.39, 0.29) is 18.8 Å². The molecule has 3 rings (SSSR count). The standard InChI is InChI=1S/C14H18N2O5/c1-14(2)20-10-9(7-17)19-13(11(10)21-14)16-5-3-4-8(6-16)12(15)18/h3-6,9-11,13,17H,7H2,1-2H3,(H-,15,18)/p+1/t9-,10?,11?,13-/m1/s1. The van der Waals surface area contributed by atoms with Gasteiger partial charge in [0.1, 0.15) is 17.8 Å². The van der Waals surface area contributed by atoms with Gasteiger partial charge in [-0.3, -0.25) is 4.79 Å². The molecule has 2 aliphatic rings. The third kappa shape index (κ3) is 2.53. The van der Waals surface area contributed by atoms with Crippen molar-refractivity contribution in [2.24, 2.45) is 5.73 Å². The molecule has 3 N–H and O–H groups in total. The fourth-order valence-corrected chi connectivity index (χ4v) is 2.84. The fourth-order valence-electron chi connectivity index (χ4n) is 2.84. The van der Waals surface area contributed by atoms with Gasteiger partial charge in [0.15, 0.2) is 24.3 Å². The lowest BCUT2D eigenvalue weighted by atomic mass is 10.1. The van der Waals surface area contributed by atoms with Crippen LogP contribution in [0.25, 0.3) is 0 Å². The predicted octanol–water partition coefficient (Wildman–Crippen LogP) is -0.517. The molecule has 21 heavy (non-hydrogen) atoms. The van der Waals surface area contributed by atoms with E-state index in [2.05, 4.69) is 0 Å². The van der Waals surface area contributed by atoms with E-state index in [9.17, 15) is 9.90 Å². The molecule has 2 saturated heterocycles. The molecule has 7 nitrogen and oxygen atoms in total. The minimum Gasteiger partial charge on any atom is -0.394 e. The summed E-state index contributed by atoms with van der Waals surface area (Å²) in [5, 5.41) is 9.45. The minimum atomic E-state index is -0.730. The van der Waals surface area contributed by atoms with Crippen molar-refractivity contribution in [1.82, 2.24) is 0 Å². The zero-order valence-corrected chi connectivity index (χ0v) is 11.9. The number of aliphatic hydroxyl groups excluding tert-OH is 1. The van der Waals surface area contributed by atoms with Crippen LogP contribution in [-0.4, -0.2) is 41.7 Å². The smallest absolute Gasteiger partial charge is 0.292 e. The van der Waals surface area contributed by atoms with Crippen molar-refractivity contribution in [3.05, 3.63) is 30.1 Å². The lowest BCUT2D eigenvalue weighted by molar-refractivity contribution is -0.766. The molecule has 0 radical (unpaired) electrons. The third-order valence-electron chi connectivity index (χ3n) is 3.71. The number of ether oxygens (including phenoxy) is 3. The summed E-state index contributed by atoms with van der Waals surface area (Å²) in [4.78, 5) is 11.3. The molecule has 4 atom stereocenters. The van der Waals surface area contributed by atoms with Crippen molar-refractivity contribution >= 4 is 5.91 Å². The number of hydrogen-bond donors (Lipinski definition) is 2. The minimum absolute atomic E-state index is 0.160. The monoisotopic (exact) mass is 295 g/mol.